The third-order valence-electron chi connectivity index (χ3n) is 3.24. The molecule has 0 aliphatic rings. The molecule has 2 nitrogen and oxygen atoms in total. The van der Waals surface area contributed by atoms with E-state index in [0.717, 1.165) is 11.1 Å². The molecule has 0 radical (unpaired) electrons. The number of aryl methyl sites for hydroxylation is 1. The Hall–Kier alpha value is -1.58. The monoisotopic (exact) mass is 293 g/mol. The Morgan fingerprint density at radius 2 is 1.90 bits per heavy atom. The lowest BCUT2D eigenvalue weighted by molar-refractivity contribution is 0.460. The molecular weight excluding hydrogens is 277 g/mol. The van der Waals surface area contributed by atoms with Crippen molar-refractivity contribution < 1.29 is 9.13 Å². The minimum Gasteiger partial charge on any atom is -0.457 e. The molecule has 2 rings (SSSR count). The fraction of sp³-hybridized carbons (Fsp3) is 0.250. The van der Waals surface area contributed by atoms with Gasteiger partial charge in [-0.25, -0.2) is 4.39 Å². The van der Waals surface area contributed by atoms with Gasteiger partial charge in [0.05, 0.1) is 0 Å². The summed E-state index contributed by atoms with van der Waals surface area (Å²) in [7, 11) is 1.82. The molecule has 2 aromatic carbocycles. The van der Waals surface area contributed by atoms with Crippen LogP contribution in [0, 0.1) is 12.7 Å². The van der Waals surface area contributed by atoms with E-state index >= 15 is 0 Å². The molecule has 0 heterocycles. The third-order valence-corrected chi connectivity index (χ3v) is 3.48. The van der Waals surface area contributed by atoms with Crippen LogP contribution in [0.2, 0.25) is 5.02 Å². The molecule has 1 atom stereocenters. The Bertz CT molecular complexity index is 615. The number of nitrogens with one attached hydrogen (secondary N) is 1. The van der Waals surface area contributed by atoms with Gasteiger partial charge >= 0.3 is 0 Å². The van der Waals surface area contributed by atoms with Gasteiger partial charge in [0.1, 0.15) is 17.3 Å². The van der Waals surface area contributed by atoms with Crippen LogP contribution in [0.4, 0.5) is 4.39 Å². The normalized spacial score (nSPS) is 12.2. The minimum absolute atomic E-state index is 0.0137. The molecule has 0 saturated heterocycles. The van der Waals surface area contributed by atoms with Crippen LogP contribution in [0.1, 0.15) is 24.1 Å². The zero-order valence-electron chi connectivity index (χ0n) is 11.7. The van der Waals surface area contributed by atoms with E-state index in [9.17, 15) is 4.39 Å². The molecule has 106 valence electrons. The van der Waals surface area contributed by atoms with Gasteiger partial charge < -0.3 is 10.1 Å². The summed E-state index contributed by atoms with van der Waals surface area (Å²) in [5.74, 6) is 1.02. The Labute approximate surface area is 123 Å². The van der Waals surface area contributed by atoms with Gasteiger partial charge in [-0.05, 0) is 56.8 Å². The summed E-state index contributed by atoms with van der Waals surface area (Å²) in [6.07, 6.45) is 0. The summed E-state index contributed by atoms with van der Waals surface area (Å²) in [6, 6.07) is 9.96. The van der Waals surface area contributed by atoms with Crippen LogP contribution in [0.25, 0.3) is 0 Å². The van der Waals surface area contributed by atoms with Crippen molar-refractivity contribution in [2.45, 2.75) is 19.9 Å². The van der Waals surface area contributed by atoms with E-state index in [1.807, 2.05) is 33.0 Å². The summed E-state index contributed by atoms with van der Waals surface area (Å²) >= 11 is 5.99. The van der Waals surface area contributed by atoms with Crippen LogP contribution >= 0.6 is 11.6 Å². The van der Waals surface area contributed by atoms with E-state index in [2.05, 4.69) is 5.32 Å². The molecular formula is C16H17ClFNO. The lowest BCUT2D eigenvalue weighted by atomic mass is 10.1. The van der Waals surface area contributed by atoms with Gasteiger partial charge in [-0.2, -0.15) is 0 Å². The van der Waals surface area contributed by atoms with Crippen molar-refractivity contribution in [1.29, 1.82) is 0 Å². The number of rotatable bonds is 4. The van der Waals surface area contributed by atoms with E-state index in [0.29, 0.717) is 16.5 Å². The Balaban J connectivity index is 2.40. The zero-order chi connectivity index (χ0) is 14.7. The van der Waals surface area contributed by atoms with Crippen LogP contribution in [0.3, 0.4) is 0 Å². The lowest BCUT2D eigenvalue weighted by Crippen LogP contribution is -2.13. The summed E-state index contributed by atoms with van der Waals surface area (Å²) in [5.41, 5.74) is 1.74. The van der Waals surface area contributed by atoms with Crippen LogP contribution in [-0.2, 0) is 0 Å². The highest BCUT2D eigenvalue weighted by atomic mass is 35.5. The maximum absolute atomic E-state index is 13.4. The van der Waals surface area contributed by atoms with Gasteiger partial charge in [0.25, 0.3) is 0 Å². The number of hydrogen-bond donors (Lipinski definition) is 1. The Morgan fingerprint density at radius 3 is 2.60 bits per heavy atom. The zero-order valence-corrected chi connectivity index (χ0v) is 12.5. The second kappa shape index (κ2) is 6.25. The number of halogens is 2. The van der Waals surface area contributed by atoms with Crippen molar-refractivity contribution in [1.82, 2.24) is 5.32 Å². The van der Waals surface area contributed by atoms with Crippen molar-refractivity contribution in [3.8, 4) is 11.5 Å². The van der Waals surface area contributed by atoms with Crippen molar-refractivity contribution in [2.75, 3.05) is 7.05 Å². The largest absolute Gasteiger partial charge is 0.457 e. The Kier molecular flexibility index (Phi) is 4.63. The molecule has 1 unspecified atom stereocenters. The van der Waals surface area contributed by atoms with Gasteiger partial charge in [0.15, 0.2) is 0 Å². The predicted octanol–water partition coefficient (Wildman–Crippen LogP) is 4.86. The molecule has 0 bridgehead atoms. The first-order valence-corrected chi connectivity index (χ1v) is 6.79. The first kappa shape index (κ1) is 14.8. The molecule has 2 aromatic rings. The van der Waals surface area contributed by atoms with E-state index < -0.39 is 0 Å². The van der Waals surface area contributed by atoms with Crippen LogP contribution in [0.5, 0.6) is 11.5 Å². The fourth-order valence-electron chi connectivity index (χ4n) is 1.91. The van der Waals surface area contributed by atoms with Crippen LogP contribution in [0.15, 0.2) is 36.4 Å². The van der Waals surface area contributed by atoms with Crippen molar-refractivity contribution in [3.63, 3.8) is 0 Å². The van der Waals surface area contributed by atoms with E-state index in [1.54, 1.807) is 12.1 Å². The average molecular weight is 294 g/mol. The highest BCUT2D eigenvalue weighted by molar-refractivity contribution is 6.30. The molecule has 4 heteroatoms. The number of hydrogen-bond acceptors (Lipinski definition) is 2. The van der Waals surface area contributed by atoms with Crippen molar-refractivity contribution >= 4 is 11.6 Å². The minimum atomic E-state index is -0.280. The second-order valence-corrected chi connectivity index (χ2v) is 5.14. The first-order valence-electron chi connectivity index (χ1n) is 6.42. The smallest absolute Gasteiger partial charge is 0.132 e. The maximum Gasteiger partial charge on any atom is 0.132 e. The van der Waals surface area contributed by atoms with E-state index in [1.165, 1.54) is 12.1 Å². The Morgan fingerprint density at radius 1 is 1.15 bits per heavy atom. The van der Waals surface area contributed by atoms with Gasteiger partial charge in [-0.1, -0.05) is 17.7 Å². The number of benzene rings is 2. The second-order valence-electron chi connectivity index (χ2n) is 4.70. The van der Waals surface area contributed by atoms with Gasteiger partial charge in [-0.15, -0.1) is 0 Å². The molecule has 0 aliphatic carbocycles. The lowest BCUT2D eigenvalue weighted by Gasteiger charge is -2.17. The molecule has 1 N–H and O–H groups in total. The standard InChI is InChI=1S/C16H17ClFNO/c1-10-4-5-12(17)8-16(10)20-15-7-6-13(18)9-14(15)11(2)19-3/h4-9,11,19H,1-3H3. The quantitative estimate of drug-likeness (QED) is 0.869. The first-order chi connectivity index (χ1) is 9.51. The predicted molar refractivity (Wildman–Crippen MR) is 80.1 cm³/mol. The molecule has 20 heavy (non-hydrogen) atoms. The van der Waals surface area contributed by atoms with Crippen molar-refractivity contribution in [3.05, 3.63) is 58.4 Å². The third kappa shape index (κ3) is 3.30. The van der Waals surface area contributed by atoms with Gasteiger partial charge in [-0.3, -0.25) is 0 Å². The SMILES string of the molecule is CNC(C)c1cc(F)ccc1Oc1cc(Cl)ccc1C. The maximum atomic E-state index is 13.4. The van der Waals surface area contributed by atoms with E-state index in [4.69, 9.17) is 16.3 Å². The van der Waals surface area contributed by atoms with Gasteiger partial charge in [0.2, 0.25) is 0 Å². The molecule has 0 saturated carbocycles. The van der Waals surface area contributed by atoms with Gasteiger partial charge in [0, 0.05) is 16.6 Å². The fourth-order valence-corrected chi connectivity index (χ4v) is 2.07. The summed E-state index contributed by atoms with van der Waals surface area (Å²) in [6.45, 7) is 3.89. The van der Waals surface area contributed by atoms with Crippen molar-refractivity contribution in [2.24, 2.45) is 0 Å². The molecule has 0 aromatic heterocycles. The van der Waals surface area contributed by atoms with Crippen LogP contribution < -0.4 is 10.1 Å². The highest BCUT2D eigenvalue weighted by Crippen LogP contribution is 2.33. The summed E-state index contributed by atoms with van der Waals surface area (Å²) in [4.78, 5) is 0. The molecule has 0 spiro atoms. The highest BCUT2D eigenvalue weighted by Gasteiger charge is 2.13. The average Bonchev–Trinajstić information content (AvgIpc) is 2.43. The molecule has 0 fully saturated rings. The number of ether oxygens (including phenoxy) is 1. The summed E-state index contributed by atoms with van der Waals surface area (Å²) in [5, 5.41) is 3.70. The molecule has 0 aliphatic heterocycles. The summed E-state index contributed by atoms with van der Waals surface area (Å²) < 4.78 is 19.3. The topological polar surface area (TPSA) is 21.3 Å². The molecule has 0 amide bonds. The van der Waals surface area contributed by atoms with Crippen LogP contribution in [-0.4, -0.2) is 7.05 Å². The van der Waals surface area contributed by atoms with E-state index in [-0.39, 0.29) is 11.9 Å².